The number of halogens is 1. The van der Waals surface area contributed by atoms with Gasteiger partial charge in [-0.2, -0.15) is 0 Å². The van der Waals surface area contributed by atoms with Crippen LogP contribution in [0.1, 0.15) is 11.1 Å². The van der Waals surface area contributed by atoms with E-state index in [9.17, 15) is 9.59 Å². The first-order valence-electron chi connectivity index (χ1n) is 5.11. The van der Waals surface area contributed by atoms with Crippen LogP contribution in [0.5, 0.6) is 0 Å². The first-order chi connectivity index (χ1) is 8.06. The van der Waals surface area contributed by atoms with Crippen LogP contribution >= 0.6 is 11.6 Å². The van der Waals surface area contributed by atoms with Gasteiger partial charge in [0.1, 0.15) is 0 Å². The summed E-state index contributed by atoms with van der Waals surface area (Å²) in [6.45, 7) is 2.05. The Morgan fingerprint density at radius 2 is 2.12 bits per heavy atom. The Balaban J connectivity index is 2.40. The number of aromatic amines is 1. The van der Waals surface area contributed by atoms with Crippen LogP contribution in [-0.4, -0.2) is 9.55 Å². The average molecular weight is 251 g/mol. The monoisotopic (exact) mass is 250 g/mol. The third-order valence-electron chi connectivity index (χ3n) is 2.43. The topological polar surface area (TPSA) is 54.9 Å². The molecular formula is C12H11ClN2O2. The summed E-state index contributed by atoms with van der Waals surface area (Å²) < 4.78 is 1.45. The molecule has 0 radical (unpaired) electrons. The second-order valence-electron chi connectivity index (χ2n) is 3.83. The number of hydrogen-bond donors (Lipinski definition) is 1. The molecule has 17 heavy (non-hydrogen) atoms. The summed E-state index contributed by atoms with van der Waals surface area (Å²) in [5.74, 6) is 0. The molecule has 0 atom stereocenters. The first kappa shape index (κ1) is 11.7. The summed E-state index contributed by atoms with van der Waals surface area (Å²) >= 11 is 5.86. The number of nitrogens with zero attached hydrogens (tertiary/aromatic N) is 1. The number of aromatic nitrogens is 2. The van der Waals surface area contributed by atoms with Crippen LogP contribution < -0.4 is 11.2 Å². The third kappa shape index (κ3) is 2.65. The van der Waals surface area contributed by atoms with Gasteiger partial charge in [0.05, 0.1) is 6.54 Å². The van der Waals surface area contributed by atoms with Crippen molar-refractivity contribution < 1.29 is 0 Å². The van der Waals surface area contributed by atoms with Crippen LogP contribution in [0.2, 0.25) is 5.02 Å². The molecule has 0 fully saturated rings. The normalized spacial score (nSPS) is 10.5. The predicted molar refractivity (Wildman–Crippen MR) is 66.6 cm³/mol. The predicted octanol–water partition coefficient (Wildman–Crippen LogP) is 1.55. The van der Waals surface area contributed by atoms with Gasteiger partial charge in [0.2, 0.25) is 0 Å². The molecule has 5 heteroatoms. The Labute approximate surface area is 102 Å². The fourth-order valence-corrected chi connectivity index (χ4v) is 1.78. The van der Waals surface area contributed by atoms with Gasteiger partial charge >= 0.3 is 5.69 Å². The molecule has 1 aromatic heterocycles. The van der Waals surface area contributed by atoms with Gasteiger partial charge < -0.3 is 0 Å². The zero-order chi connectivity index (χ0) is 12.4. The van der Waals surface area contributed by atoms with Crippen molar-refractivity contribution in [3.63, 3.8) is 0 Å². The largest absolute Gasteiger partial charge is 0.328 e. The van der Waals surface area contributed by atoms with Crippen molar-refractivity contribution in [3.8, 4) is 0 Å². The van der Waals surface area contributed by atoms with Crippen molar-refractivity contribution in [1.82, 2.24) is 9.55 Å². The SMILES string of the molecule is Cc1cn(Cc2cccc(Cl)c2)c(=O)[nH]c1=O. The van der Waals surface area contributed by atoms with E-state index >= 15 is 0 Å². The quantitative estimate of drug-likeness (QED) is 0.879. The summed E-state index contributed by atoms with van der Waals surface area (Å²) in [6, 6.07) is 7.25. The van der Waals surface area contributed by atoms with Crippen LogP contribution in [0.3, 0.4) is 0 Å². The molecule has 0 unspecified atom stereocenters. The minimum Gasteiger partial charge on any atom is -0.296 e. The Morgan fingerprint density at radius 1 is 1.35 bits per heavy atom. The highest BCUT2D eigenvalue weighted by Crippen LogP contribution is 2.11. The van der Waals surface area contributed by atoms with E-state index < -0.39 is 5.69 Å². The van der Waals surface area contributed by atoms with Gasteiger partial charge in [-0.3, -0.25) is 14.3 Å². The number of nitrogens with one attached hydrogen (secondary N) is 1. The molecule has 0 amide bonds. The highest BCUT2D eigenvalue weighted by atomic mass is 35.5. The van der Waals surface area contributed by atoms with E-state index in [1.807, 2.05) is 12.1 Å². The van der Waals surface area contributed by atoms with Gasteiger partial charge in [0.15, 0.2) is 0 Å². The molecule has 0 bridgehead atoms. The molecule has 0 aliphatic carbocycles. The standard InChI is InChI=1S/C12H11ClN2O2/c1-8-6-15(12(17)14-11(8)16)7-9-3-2-4-10(13)5-9/h2-6H,7H2,1H3,(H,14,16,17). The fraction of sp³-hybridized carbons (Fsp3) is 0.167. The number of aryl methyl sites for hydroxylation is 1. The van der Waals surface area contributed by atoms with E-state index in [1.165, 1.54) is 4.57 Å². The van der Waals surface area contributed by atoms with E-state index in [0.717, 1.165) is 5.56 Å². The summed E-state index contributed by atoms with van der Waals surface area (Å²) in [6.07, 6.45) is 1.54. The maximum atomic E-state index is 11.6. The summed E-state index contributed by atoms with van der Waals surface area (Å²) in [5.41, 5.74) is 0.649. The highest BCUT2D eigenvalue weighted by molar-refractivity contribution is 6.30. The molecule has 0 aliphatic rings. The summed E-state index contributed by atoms with van der Waals surface area (Å²) in [5, 5.41) is 0.622. The van der Waals surface area contributed by atoms with E-state index in [1.54, 1.807) is 25.3 Å². The maximum absolute atomic E-state index is 11.6. The summed E-state index contributed by atoms with van der Waals surface area (Å²) in [4.78, 5) is 25.0. The third-order valence-corrected chi connectivity index (χ3v) is 2.67. The van der Waals surface area contributed by atoms with Gasteiger partial charge in [-0.1, -0.05) is 23.7 Å². The molecule has 1 N–H and O–H groups in total. The average Bonchev–Trinajstić information content (AvgIpc) is 2.26. The maximum Gasteiger partial charge on any atom is 0.328 e. The van der Waals surface area contributed by atoms with Crippen LogP contribution in [0.15, 0.2) is 40.1 Å². The zero-order valence-corrected chi connectivity index (χ0v) is 9.99. The second-order valence-corrected chi connectivity index (χ2v) is 4.27. The lowest BCUT2D eigenvalue weighted by molar-refractivity contribution is 0.713. The van der Waals surface area contributed by atoms with Crippen molar-refractivity contribution >= 4 is 11.6 Å². The van der Waals surface area contributed by atoms with Gasteiger partial charge in [0.25, 0.3) is 5.56 Å². The molecule has 1 heterocycles. The van der Waals surface area contributed by atoms with Crippen molar-refractivity contribution in [3.05, 3.63) is 67.4 Å². The van der Waals surface area contributed by atoms with Crippen LogP contribution in [-0.2, 0) is 6.54 Å². The van der Waals surface area contributed by atoms with Crippen LogP contribution in [0, 0.1) is 6.92 Å². The molecule has 0 saturated carbocycles. The molecule has 2 aromatic rings. The Kier molecular flexibility index (Phi) is 3.15. The molecule has 4 nitrogen and oxygen atoms in total. The van der Waals surface area contributed by atoms with Crippen LogP contribution in [0.25, 0.3) is 0 Å². The lowest BCUT2D eigenvalue weighted by Crippen LogP contribution is -2.31. The number of benzene rings is 1. The Morgan fingerprint density at radius 3 is 2.82 bits per heavy atom. The molecule has 2 rings (SSSR count). The number of rotatable bonds is 2. The molecule has 0 saturated heterocycles. The van der Waals surface area contributed by atoms with E-state index in [-0.39, 0.29) is 5.56 Å². The van der Waals surface area contributed by atoms with Crippen molar-refractivity contribution in [2.75, 3.05) is 0 Å². The Hall–Kier alpha value is -1.81. The van der Waals surface area contributed by atoms with Crippen molar-refractivity contribution in [2.24, 2.45) is 0 Å². The molecule has 1 aromatic carbocycles. The van der Waals surface area contributed by atoms with Gasteiger partial charge in [-0.25, -0.2) is 4.79 Å². The van der Waals surface area contributed by atoms with Gasteiger partial charge in [-0.05, 0) is 24.6 Å². The minimum atomic E-state index is -0.416. The van der Waals surface area contributed by atoms with Gasteiger partial charge in [0, 0.05) is 16.8 Å². The molecule has 0 aliphatic heterocycles. The molecule has 88 valence electrons. The minimum absolute atomic E-state index is 0.350. The van der Waals surface area contributed by atoms with Crippen molar-refractivity contribution in [2.45, 2.75) is 13.5 Å². The molecular weight excluding hydrogens is 240 g/mol. The van der Waals surface area contributed by atoms with E-state index in [2.05, 4.69) is 4.98 Å². The zero-order valence-electron chi connectivity index (χ0n) is 9.24. The highest BCUT2D eigenvalue weighted by Gasteiger charge is 2.02. The number of hydrogen-bond acceptors (Lipinski definition) is 2. The van der Waals surface area contributed by atoms with E-state index in [0.29, 0.717) is 17.1 Å². The first-order valence-corrected chi connectivity index (χ1v) is 5.49. The van der Waals surface area contributed by atoms with Crippen LogP contribution in [0.4, 0.5) is 0 Å². The van der Waals surface area contributed by atoms with E-state index in [4.69, 9.17) is 11.6 Å². The van der Waals surface area contributed by atoms with Crippen molar-refractivity contribution in [1.29, 1.82) is 0 Å². The summed E-state index contributed by atoms with van der Waals surface area (Å²) in [7, 11) is 0. The lowest BCUT2D eigenvalue weighted by Gasteiger charge is -2.06. The smallest absolute Gasteiger partial charge is 0.296 e. The molecule has 0 spiro atoms. The number of H-pyrrole nitrogens is 1. The Bertz CT molecular complexity index is 658. The second kappa shape index (κ2) is 4.59. The fourth-order valence-electron chi connectivity index (χ4n) is 1.57. The lowest BCUT2D eigenvalue weighted by atomic mass is 10.2. The van der Waals surface area contributed by atoms with Gasteiger partial charge in [-0.15, -0.1) is 0 Å².